The van der Waals surface area contributed by atoms with Crippen molar-refractivity contribution < 1.29 is 9.90 Å². The van der Waals surface area contributed by atoms with E-state index in [2.05, 4.69) is 24.8 Å². The molecule has 1 unspecified atom stereocenters. The van der Waals surface area contributed by atoms with Crippen LogP contribution in [0.15, 0.2) is 18.2 Å². The van der Waals surface area contributed by atoms with Gasteiger partial charge in [0.15, 0.2) is 0 Å². The summed E-state index contributed by atoms with van der Waals surface area (Å²) in [5, 5.41) is 10.5. The van der Waals surface area contributed by atoms with Crippen LogP contribution in [0, 0.1) is 0 Å². The van der Waals surface area contributed by atoms with E-state index in [1.807, 2.05) is 17.0 Å². The van der Waals surface area contributed by atoms with Gasteiger partial charge in [-0.05, 0) is 49.5 Å². The fourth-order valence-electron chi connectivity index (χ4n) is 3.24. The summed E-state index contributed by atoms with van der Waals surface area (Å²) < 4.78 is 0. The average molecular weight is 318 g/mol. The number of nitrogens with zero attached hydrogens (tertiary/aromatic N) is 2. The fraction of sp³-hybridized carbons (Fsp3) is 0.632. The van der Waals surface area contributed by atoms with Crippen LogP contribution < -0.4 is 4.90 Å². The Bertz CT molecular complexity index is 530. The van der Waals surface area contributed by atoms with Crippen molar-refractivity contribution in [1.29, 1.82) is 0 Å². The first kappa shape index (κ1) is 18.0. The van der Waals surface area contributed by atoms with Gasteiger partial charge in [-0.25, -0.2) is 0 Å². The molecule has 0 aromatic heterocycles. The van der Waals surface area contributed by atoms with Gasteiger partial charge in [0.1, 0.15) is 0 Å². The predicted octanol–water partition coefficient (Wildman–Crippen LogP) is 3.14. The second-order valence-corrected chi connectivity index (χ2v) is 6.40. The number of carbonyl (C=O) groups is 1. The fourth-order valence-corrected chi connectivity index (χ4v) is 3.24. The lowest BCUT2D eigenvalue weighted by Gasteiger charge is -2.22. The molecule has 1 heterocycles. The zero-order chi connectivity index (χ0) is 16.8. The van der Waals surface area contributed by atoms with Gasteiger partial charge >= 0.3 is 0 Å². The van der Waals surface area contributed by atoms with Gasteiger partial charge in [0.05, 0.1) is 6.10 Å². The smallest absolute Gasteiger partial charge is 0.223 e. The Labute approximate surface area is 140 Å². The Balaban J connectivity index is 1.95. The highest BCUT2D eigenvalue weighted by molar-refractivity contribution is 5.93. The van der Waals surface area contributed by atoms with Gasteiger partial charge in [-0.2, -0.15) is 0 Å². The summed E-state index contributed by atoms with van der Waals surface area (Å²) in [5.74, 6) is 0.0894. The molecule has 0 saturated heterocycles. The topological polar surface area (TPSA) is 43.8 Å². The number of benzene rings is 1. The van der Waals surface area contributed by atoms with E-state index in [0.29, 0.717) is 0 Å². The van der Waals surface area contributed by atoms with E-state index in [9.17, 15) is 9.90 Å². The Morgan fingerprint density at radius 2 is 2.13 bits per heavy atom. The molecule has 0 radical (unpaired) electrons. The Morgan fingerprint density at radius 3 is 2.78 bits per heavy atom. The molecule has 0 spiro atoms. The van der Waals surface area contributed by atoms with E-state index in [4.69, 9.17) is 0 Å². The van der Waals surface area contributed by atoms with Crippen LogP contribution in [0.25, 0.3) is 0 Å². The number of carbonyl (C=O) groups excluding carboxylic acids is 1. The van der Waals surface area contributed by atoms with Crippen molar-refractivity contribution in [3.05, 3.63) is 29.3 Å². The first-order chi connectivity index (χ1) is 11.1. The van der Waals surface area contributed by atoms with Crippen LogP contribution in [-0.4, -0.2) is 42.1 Å². The number of aliphatic hydroxyl groups is 1. The van der Waals surface area contributed by atoms with Gasteiger partial charge in [-0.1, -0.05) is 32.4 Å². The van der Waals surface area contributed by atoms with Crippen molar-refractivity contribution in [2.45, 2.75) is 52.6 Å². The Kier molecular flexibility index (Phi) is 6.60. The third-order valence-electron chi connectivity index (χ3n) is 4.76. The highest BCUT2D eigenvalue weighted by Gasteiger charge is 2.23. The van der Waals surface area contributed by atoms with Gasteiger partial charge in [-0.3, -0.25) is 4.79 Å². The summed E-state index contributed by atoms with van der Waals surface area (Å²) in [6, 6.07) is 6.02. The number of amides is 1. The number of rotatable bonds is 8. The Morgan fingerprint density at radius 1 is 1.35 bits per heavy atom. The van der Waals surface area contributed by atoms with Crippen molar-refractivity contribution in [3.8, 4) is 0 Å². The molecule has 0 fully saturated rings. The van der Waals surface area contributed by atoms with E-state index >= 15 is 0 Å². The van der Waals surface area contributed by atoms with Crippen LogP contribution in [0.3, 0.4) is 0 Å². The number of aliphatic hydroxyl groups excluding tert-OH is 1. The zero-order valence-corrected chi connectivity index (χ0v) is 14.7. The third-order valence-corrected chi connectivity index (χ3v) is 4.76. The highest BCUT2D eigenvalue weighted by Crippen LogP contribution is 2.31. The maximum Gasteiger partial charge on any atom is 0.223 e. The number of anilines is 1. The molecule has 1 aromatic rings. The molecule has 2 rings (SSSR count). The highest BCUT2D eigenvalue weighted by atomic mass is 16.3. The summed E-state index contributed by atoms with van der Waals surface area (Å²) in [5.41, 5.74) is 3.15. The molecule has 0 bridgehead atoms. The maximum absolute atomic E-state index is 11.6. The van der Waals surface area contributed by atoms with Crippen LogP contribution in [0.4, 0.5) is 5.69 Å². The van der Waals surface area contributed by atoms with E-state index in [-0.39, 0.29) is 5.91 Å². The average Bonchev–Trinajstić information content (AvgIpc) is 2.98. The summed E-state index contributed by atoms with van der Waals surface area (Å²) in [6.07, 6.45) is 3.63. The number of unbranched alkanes of at least 4 members (excludes halogenated alkanes) is 1. The first-order valence-electron chi connectivity index (χ1n) is 8.88. The minimum Gasteiger partial charge on any atom is -0.388 e. The third kappa shape index (κ3) is 4.55. The molecule has 1 aliphatic heterocycles. The minimum atomic E-state index is -0.428. The normalized spacial score (nSPS) is 15.1. The quantitative estimate of drug-likeness (QED) is 0.801. The summed E-state index contributed by atoms with van der Waals surface area (Å²) >= 11 is 0. The molecule has 4 nitrogen and oxygen atoms in total. The van der Waals surface area contributed by atoms with Gasteiger partial charge in [0, 0.05) is 25.7 Å². The van der Waals surface area contributed by atoms with Crippen molar-refractivity contribution in [3.63, 3.8) is 0 Å². The van der Waals surface area contributed by atoms with Crippen molar-refractivity contribution in [2.24, 2.45) is 0 Å². The second-order valence-electron chi connectivity index (χ2n) is 6.40. The lowest BCUT2D eigenvalue weighted by molar-refractivity contribution is -0.116. The Hall–Kier alpha value is -1.39. The molecule has 4 heteroatoms. The summed E-state index contributed by atoms with van der Waals surface area (Å²) in [6.45, 7) is 9.81. The zero-order valence-electron chi connectivity index (χ0n) is 14.7. The van der Waals surface area contributed by atoms with Gasteiger partial charge in [0.2, 0.25) is 5.91 Å². The molecule has 23 heavy (non-hydrogen) atoms. The van der Waals surface area contributed by atoms with Crippen LogP contribution >= 0.6 is 0 Å². The minimum absolute atomic E-state index is 0.0894. The van der Waals surface area contributed by atoms with Crippen LogP contribution in [0.2, 0.25) is 0 Å². The molecule has 1 atom stereocenters. The number of hydrogen-bond donors (Lipinski definition) is 1. The molecule has 0 aliphatic carbocycles. The lowest BCUT2D eigenvalue weighted by Crippen LogP contribution is -2.27. The van der Waals surface area contributed by atoms with Crippen LogP contribution in [0.5, 0.6) is 0 Å². The molecule has 128 valence electrons. The van der Waals surface area contributed by atoms with E-state index < -0.39 is 6.10 Å². The lowest BCUT2D eigenvalue weighted by atomic mass is 10.0. The van der Waals surface area contributed by atoms with Crippen molar-refractivity contribution in [1.82, 2.24) is 4.90 Å². The first-order valence-corrected chi connectivity index (χ1v) is 8.88. The largest absolute Gasteiger partial charge is 0.388 e. The van der Waals surface area contributed by atoms with E-state index in [0.717, 1.165) is 50.3 Å². The molecule has 0 saturated carbocycles. The van der Waals surface area contributed by atoms with Crippen LogP contribution in [-0.2, 0) is 11.2 Å². The molecule has 1 N–H and O–H groups in total. The predicted molar refractivity (Wildman–Crippen MR) is 94.8 cm³/mol. The number of fused-ring (bicyclic) bond motifs is 1. The van der Waals surface area contributed by atoms with Crippen molar-refractivity contribution >= 4 is 11.6 Å². The molecule has 1 aliphatic rings. The molecule has 1 amide bonds. The van der Waals surface area contributed by atoms with Gasteiger partial charge < -0.3 is 14.9 Å². The number of hydrogen-bond acceptors (Lipinski definition) is 3. The summed E-state index contributed by atoms with van der Waals surface area (Å²) in [7, 11) is 0. The molecular weight excluding hydrogens is 288 g/mol. The van der Waals surface area contributed by atoms with Gasteiger partial charge in [-0.15, -0.1) is 0 Å². The standard InChI is InChI=1S/C19H30N2O2/c1-4-6-11-20(5-2)12-10-19(23)17-7-8-18-16(14-17)9-13-21(18)15(3)22/h7-8,14,19,23H,4-6,9-13H2,1-3H3. The van der Waals surface area contributed by atoms with Gasteiger partial charge in [0.25, 0.3) is 0 Å². The second kappa shape index (κ2) is 8.46. The molecular formula is C19H30N2O2. The monoisotopic (exact) mass is 318 g/mol. The molecule has 1 aromatic carbocycles. The van der Waals surface area contributed by atoms with Crippen molar-refractivity contribution in [2.75, 3.05) is 31.1 Å². The maximum atomic E-state index is 11.6. The van der Waals surface area contributed by atoms with E-state index in [1.54, 1.807) is 6.92 Å². The van der Waals surface area contributed by atoms with E-state index in [1.165, 1.54) is 18.4 Å². The SMILES string of the molecule is CCCCN(CC)CCC(O)c1ccc2c(c1)CCN2C(C)=O. The summed E-state index contributed by atoms with van der Waals surface area (Å²) in [4.78, 5) is 15.8. The van der Waals surface area contributed by atoms with Crippen LogP contribution in [0.1, 0.15) is 57.3 Å².